The van der Waals surface area contributed by atoms with E-state index in [9.17, 15) is 29.6 Å². The van der Waals surface area contributed by atoms with Crippen molar-refractivity contribution >= 4 is 5.78 Å². The number of phenolic OH excluding ortho intramolecular Hbond substituents is 5. The summed E-state index contributed by atoms with van der Waals surface area (Å²) in [4.78, 5) is 12.0. The number of hydrogen-bond donors (Lipinski definition) is 5. The zero-order valence-electron chi connectivity index (χ0n) is 9.83. The smallest absolute Gasteiger partial charge is 0.206 e. The summed E-state index contributed by atoms with van der Waals surface area (Å²) >= 11 is 0. The zero-order valence-corrected chi connectivity index (χ0v) is 9.83. The molecule has 0 aliphatic carbocycles. The molecule has 2 rings (SSSR count). The summed E-state index contributed by atoms with van der Waals surface area (Å²) in [6.07, 6.45) is 0. The molecule has 5 N–H and O–H groups in total. The normalized spacial score (nSPS) is 10.4. The van der Waals surface area contributed by atoms with Gasteiger partial charge in [0.05, 0.1) is 5.56 Å². The fourth-order valence-corrected chi connectivity index (χ4v) is 1.63. The lowest BCUT2D eigenvalue weighted by Crippen LogP contribution is -2.02. The second-order valence-corrected chi connectivity index (χ2v) is 3.99. The number of hydrogen-bond acceptors (Lipinski definition) is 6. The van der Waals surface area contributed by atoms with Crippen molar-refractivity contribution in [1.82, 2.24) is 0 Å². The van der Waals surface area contributed by atoms with Crippen LogP contribution in [0.5, 0.6) is 28.7 Å². The summed E-state index contributed by atoms with van der Waals surface area (Å²) < 4.78 is 13.0. The highest BCUT2D eigenvalue weighted by Gasteiger charge is 2.21. The second kappa shape index (κ2) is 4.61. The molecular weight excluding hydrogens is 271 g/mol. The van der Waals surface area contributed by atoms with E-state index < -0.39 is 40.3 Å². The topological polar surface area (TPSA) is 118 Å². The largest absolute Gasteiger partial charge is 0.505 e. The van der Waals surface area contributed by atoms with Gasteiger partial charge >= 0.3 is 0 Å². The second-order valence-electron chi connectivity index (χ2n) is 3.99. The number of carbonyl (C=O) groups is 1. The molecule has 0 aromatic heterocycles. The Morgan fingerprint density at radius 3 is 1.95 bits per heavy atom. The van der Waals surface area contributed by atoms with E-state index in [1.807, 2.05) is 0 Å². The number of ketones is 1. The van der Waals surface area contributed by atoms with Crippen molar-refractivity contribution in [2.24, 2.45) is 0 Å². The van der Waals surface area contributed by atoms with E-state index in [1.165, 1.54) is 0 Å². The molecule has 2 aromatic rings. The number of benzene rings is 2. The molecule has 20 heavy (non-hydrogen) atoms. The average molecular weight is 280 g/mol. The number of rotatable bonds is 2. The predicted octanol–water partition coefficient (Wildman–Crippen LogP) is 1.58. The van der Waals surface area contributed by atoms with Crippen molar-refractivity contribution in [3.8, 4) is 28.7 Å². The first-order valence-corrected chi connectivity index (χ1v) is 5.33. The minimum atomic E-state index is -1.28. The maximum absolute atomic E-state index is 13.0. The lowest BCUT2D eigenvalue weighted by Gasteiger charge is -2.08. The summed E-state index contributed by atoms with van der Waals surface area (Å²) in [5, 5.41) is 46.5. The van der Waals surface area contributed by atoms with E-state index in [2.05, 4.69) is 0 Å². The SMILES string of the molecule is O=C(c1cc(O)c(F)c(O)c1)c1ccc(O)c(O)c1O. The third-order valence-corrected chi connectivity index (χ3v) is 2.67. The van der Waals surface area contributed by atoms with Crippen LogP contribution in [0.2, 0.25) is 0 Å². The molecule has 0 aliphatic heterocycles. The Labute approximate surface area is 111 Å². The fraction of sp³-hybridized carbons (Fsp3) is 0. The minimum Gasteiger partial charge on any atom is -0.505 e. The van der Waals surface area contributed by atoms with Gasteiger partial charge in [0.2, 0.25) is 11.6 Å². The number of carbonyl (C=O) groups excluding carboxylic acids is 1. The van der Waals surface area contributed by atoms with Gasteiger partial charge in [0.1, 0.15) is 0 Å². The van der Waals surface area contributed by atoms with E-state index in [4.69, 9.17) is 5.11 Å². The van der Waals surface area contributed by atoms with Crippen LogP contribution in [0.15, 0.2) is 24.3 Å². The molecule has 0 bridgehead atoms. The highest BCUT2D eigenvalue weighted by molar-refractivity contribution is 6.11. The Bertz CT molecular complexity index is 687. The average Bonchev–Trinajstić information content (AvgIpc) is 2.41. The maximum atomic E-state index is 13.0. The lowest BCUT2D eigenvalue weighted by molar-refractivity contribution is 0.103. The summed E-state index contributed by atoms with van der Waals surface area (Å²) in [5.74, 6) is -6.40. The Hall–Kier alpha value is -2.96. The molecule has 0 unspecified atom stereocenters. The Kier molecular flexibility index (Phi) is 3.11. The molecule has 0 heterocycles. The predicted molar refractivity (Wildman–Crippen MR) is 64.6 cm³/mol. The van der Waals surface area contributed by atoms with Crippen LogP contribution in [-0.2, 0) is 0 Å². The molecule has 0 spiro atoms. The molecule has 0 atom stereocenters. The van der Waals surface area contributed by atoms with E-state index >= 15 is 0 Å². The molecule has 0 aliphatic rings. The molecule has 6 nitrogen and oxygen atoms in total. The van der Waals surface area contributed by atoms with Crippen LogP contribution < -0.4 is 0 Å². The van der Waals surface area contributed by atoms with E-state index in [-0.39, 0.29) is 11.1 Å². The highest BCUT2D eigenvalue weighted by atomic mass is 19.1. The molecule has 0 radical (unpaired) electrons. The van der Waals surface area contributed by atoms with E-state index in [0.29, 0.717) is 0 Å². The first-order valence-electron chi connectivity index (χ1n) is 5.33. The van der Waals surface area contributed by atoms with Crippen molar-refractivity contribution in [3.63, 3.8) is 0 Å². The van der Waals surface area contributed by atoms with Crippen molar-refractivity contribution in [1.29, 1.82) is 0 Å². The number of aromatic hydroxyl groups is 5. The fourth-order valence-electron chi connectivity index (χ4n) is 1.63. The van der Waals surface area contributed by atoms with Crippen LogP contribution >= 0.6 is 0 Å². The number of phenols is 5. The van der Waals surface area contributed by atoms with Gasteiger partial charge in [-0.05, 0) is 24.3 Å². The van der Waals surface area contributed by atoms with Crippen molar-refractivity contribution in [2.75, 3.05) is 0 Å². The van der Waals surface area contributed by atoms with Gasteiger partial charge in [-0.25, -0.2) is 0 Å². The summed E-state index contributed by atoms with van der Waals surface area (Å²) in [5.41, 5.74) is -0.688. The van der Waals surface area contributed by atoms with Gasteiger partial charge in [-0.3, -0.25) is 4.79 Å². The molecule has 104 valence electrons. The monoisotopic (exact) mass is 280 g/mol. The van der Waals surface area contributed by atoms with Crippen LogP contribution in [0.3, 0.4) is 0 Å². The van der Waals surface area contributed by atoms with Crippen molar-refractivity contribution in [2.45, 2.75) is 0 Å². The first kappa shape index (κ1) is 13.5. The molecule has 0 saturated heterocycles. The van der Waals surface area contributed by atoms with Gasteiger partial charge in [0.25, 0.3) is 0 Å². The number of halogens is 1. The summed E-state index contributed by atoms with van der Waals surface area (Å²) in [6, 6.07) is 3.54. The quantitative estimate of drug-likeness (QED) is 0.421. The van der Waals surface area contributed by atoms with Crippen LogP contribution in [0.25, 0.3) is 0 Å². The van der Waals surface area contributed by atoms with E-state index in [0.717, 1.165) is 24.3 Å². The van der Waals surface area contributed by atoms with Crippen LogP contribution in [-0.4, -0.2) is 31.3 Å². The standard InChI is InChI=1S/C13H9FO6/c14-10-8(16)3-5(4-9(10)17)11(18)6-1-2-7(15)13(20)12(6)19/h1-4,15-17,19-20H. The van der Waals surface area contributed by atoms with Gasteiger partial charge in [-0.1, -0.05) is 0 Å². The molecule has 7 heteroatoms. The summed E-state index contributed by atoms with van der Waals surface area (Å²) in [6.45, 7) is 0. The van der Waals surface area contributed by atoms with Gasteiger partial charge in [0, 0.05) is 5.56 Å². The third-order valence-electron chi connectivity index (χ3n) is 2.67. The van der Waals surface area contributed by atoms with Crippen molar-refractivity contribution in [3.05, 3.63) is 41.2 Å². The molecule has 0 saturated carbocycles. The lowest BCUT2D eigenvalue weighted by atomic mass is 10.0. The molecular formula is C13H9FO6. The Balaban J connectivity index is 2.55. The minimum absolute atomic E-state index is 0.304. The van der Waals surface area contributed by atoms with Gasteiger partial charge in [-0.2, -0.15) is 4.39 Å². The van der Waals surface area contributed by atoms with Crippen molar-refractivity contribution < 1.29 is 34.7 Å². The van der Waals surface area contributed by atoms with Crippen LogP contribution in [0.1, 0.15) is 15.9 Å². The molecule has 0 fully saturated rings. The highest BCUT2D eigenvalue weighted by Crippen LogP contribution is 2.38. The van der Waals surface area contributed by atoms with Gasteiger partial charge in [0.15, 0.2) is 28.8 Å². The van der Waals surface area contributed by atoms with Gasteiger partial charge < -0.3 is 25.5 Å². The van der Waals surface area contributed by atoms with E-state index in [1.54, 1.807) is 0 Å². The van der Waals surface area contributed by atoms with Crippen LogP contribution in [0.4, 0.5) is 4.39 Å². The summed E-state index contributed by atoms with van der Waals surface area (Å²) in [7, 11) is 0. The molecule has 2 aromatic carbocycles. The first-order chi connectivity index (χ1) is 9.32. The Morgan fingerprint density at radius 2 is 1.40 bits per heavy atom. The van der Waals surface area contributed by atoms with Crippen LogP contribution in [0, 0.1) is 5.82 Å². The third kappa shape index (κ3) is 2.05. The van der Waals surface area contributed by atoms with Gasteiger partial charge in [-0.15, -0.1) is 0 Å². The zero-order chi connectivity index (χ0) is 15.0. The molecule has 0 amide bonds. The maximum Gasteiger partial charge on any atom is 0.206 e. The Morgan fingerprint density at radius 1 is 0.850 bits per heavy atom.